The molecule has 0 radical (unpaired) electrons. The van der Waals surface area contributed by atoms with Gasteiger partial charge in [0.05, 0.1) is 29.6 Å². The molecule has 2 aromatic rings. The van der Waals surface area contributed by atoms with Crippen molar-refractivity contribution in [1.82, 2.24) is 15.5 Å². The quantitative estimate of drug-likeness (QED) is 0.659. The van der Waals surface area contributed by atoms with Crippen molar-refractivity contribution in [2.75, 3.05) is 0 Å². The van der Waals surface area contributed by atoms with Crippen molar-refractivity contribution in [3.63, 3.8) is 0 Å². The second kappa shape index (κ2) is 5.43. The van der Waals surface area contributed by atoms with Crippen molar-refractivity contribution in [3.8, 4) is 6.07 Å². The molecule has 0 amide bonds. The largest absolute Gasteiger partial charge is 0.372 e. The van der Waals surface area contributed by atoms with Gasteiger partial charge in [0.15, 0.2) is 12.0 Å². The van der Waals surface area contributed by atoms with Crippen molar-refractivity contribution in [1.29, 1.82) is 5.26 Å². The molecule has 0 fully saturated rings. The number of aldehydes is 1. The Bertz CT molecular complexity index is 929. The minimum Gasteiger partial charge on any atom is -0.372 e. The van der Waals surface area contributed by atoms with Crippen LogP contribution in [0.4, 0.5) is 0 Å². The molecule has 0 aliphatic carbocycles. The van der Waals surface area contributed by atoms with Gasteiger partial charge in [0.1, 0.15) is 5.69 Å². The van der Waals surface area contributed by atoms with Crippen LogP contribution in [0.5, 0.6) is 0 Å². The van der Waals surface area contributed by atoms with E-state index in [1.807, 2.05) is 26.0 Å². The topological polar surface area (TPSA) is 85.9 Å². The van der Waals surface area contributed by atoms with Crippen molar-refractivity contribution in [3.05, 3.63) is 63.5 Å². The lowest BCUT2D eigenvalue weighted by atomic mass is 9.84. The van der Waals surface area contributed by atoms with Gasteiger partial charge in [0.2, 0.25) is 0 Å². The van der Waals surface area contributed by atoms with Crippen molar-refractivity contribution < 1.29 is 4.79 Å². The minimum absolute atomic E-state index is 0.389. The van der Waals surface area contributed by atoms with E-state index in [9.17, 15) is 10.1 Å². The Kier molecular flexibility index (Phi) is 3.44. The van der Waals surface area contributed by atoms with Gasteiger partial charge in [-0.15, -0.1) is 0 Å². The molecule has 0 spiro atoms. The third-order valence-electron chi connectivity index (χ3n) is 4.03. The molecule has 1 aliphatic heterocycles. The third-order valence-corrected chi connectivity index (χ3v) is 4.03. The molecule has 0 saturated heterocycles. The van der Waals surface area contributed by atoms with Crippen LogP contribution in [0.2, 0.25) is 0 Å². The Balaban J connectivity index is 2.25. The van der Waals surface area contributed by atoms with E-state index in [2.05, 4.69) is 26.4 Å². The molecular formula is C17H13N5O. The fraction of sp³-hybridized carbons (Fsp3) is 0.176. The Hall–Kier alpha value is -3.38. The standard InChI is InChI=1S/C17H13N5O/c1-9-13(7-18)16(17(19-3)10(2)20-9)11-4-5-14-12(6-11)15(8-23)22-21-14/h4-6,8,16,20H,1-2H3,(H,21,22). The summed E-state index contributed by atoms with van der Waals surface area (Å²) in [5, 5.41) is 20.0. The third kappa shape index (κ3) is 2.18. The van der Waals surface area contributed by atoms with Gasteiger partial charge in [-0.25, -0.2) is 4.85 Å². The van der Waals surface area contributed by atoms with Crippen LogP contribution in [0.25, 0.3) is 15.7 Å². The number of carbonyl (C=O) groups is 1. The van der Waals surface area contributed by atoms with Gasteiger partial charge in [-0.3, -0.25) is 9.89 Å². The normalized spacial score (nSPS) is 17.7. The molecule has 2 N–H and O–H groups in total. The number of nitrogens with one attached hydrogen (secondary N) is 2. The molecule has 0 bridgehead atoms. The summed E-state index contributed by atoms with van der Waals surface area (Å²) < 4.78 is 0. The second-order valence-corrected chi connectivity index (χ2v) is 5.36. The zero-order valence-corrected chi connectivity index (χ0v) is 12.6. The van der Waals surface area contributed by atoms with E-state index in [4.69, 9.17) is 6.57 Å². The molecule has 112 valence electrons. The van der Waals surface area contributed by atoms with Crippen LogP contribution in [-0.4, -0.2) is 16.5 Å². The number of aromatic amines is 1. The van der Waals surface area contributed by atoms with Crippen LogP contribution in [0.15, 0.2) is 40.9 Å². The predicted molar refractivity (Wildman–Crippen MR) is 85.0 cm³/mol. The Morgan fingerprint density at radius 3 is 2.83 bits per heavy atom. The van der Waals surface area contributed by atoms with Gasteiger partial charge >= 0.3 is 0 Å². The number of carbonyl (C=O) groups excluding carboxylic acids is 1. The number of H-pyrrole nitrogens is 1. The minimum atomic E-state index is -0.433. The Morgan fingerprint density at radius 1 is 1.39 bits per heavy atom. The molecule has 23 heavy (non-hydrogen) atoms. The van der Waals surface area contributed by atoms with Gasteiger partial charge in [-0.1, -0.05) is 6.07 Å². The number of hydrogen-bond donors (Lipinski definition) is 2. The number of dihydropyridines is 1. The first-order valence-electron chi connectivity index (χ1n) is 7.00. The molecule has 1 aromatic heterocycles. The number of allylic oxidation sites excluding steroid dienone is 3. The number of hydrogen-bond acceptors (Lipinski definition) is 4. The molecule has 2 heterocycles. The van der Waals surface area contributed by atoms with E-state index in [0.29, 0.717) is 34.2 Å². The lowest BCUT2D eigenvalue weighted by Gasteiger charge is -2.26. The number of benzene rings is 1. The van der Waals surface area contributed by atoms with Gasteiger partial charge in [-0.05, 0) is 31.5 Å². The summed E-state index contributed by atoms with van der Waals surface area (Å²) in [4.78, 5) is 14.7. The smallest absolute Gasteiger partial charge is 0.196 e. The molecular weight excluding hydrogens is 290 g/mol. The highest BCUT2D eigenvalue weighted by Gasteiger charge is 2.30. The highest BCUT2D eigenvalue weighted by molar-refractivity contribution is 5.95. The monoisotopic (exact) mass is 303 g/mol. The first-order valence-corrected chi connectivity index (χ1v) is 7.00. The zero-order chi connectivity index (χ0) is 16.6. The fourth-order valence-electron chi connectivity index (χ4n) is 2.92. The average Bonchev–Trinajstić information content (AvgIpc) is 2.96. The van der Waals surface area contributed by atoms with Gasteiger partial charge in [0, 0.05) is 16.8 Å². The summed E-state index contributed by atoms with van der Waals surface area (Å²) in [6.45, 7) is 11.1. The summed E-state index contributed by atoms with van der Waals surface area (Å²) in [5.74, 6) is -0.433. The van der Waals surface area contributed by atoms with E-state index in [1.54, 1.807) is 6.07 Å². The number of nitriles is 1. The summed E-state index contributed by atoms with van der Waals surface area (Å²) >= 11 is 0. The van der Waals surface area contributed by atoms with E-state index < -0.39 is 5.92 Å². The van der Waals surface area contributed by atoms with Crippen LogP contribution in [-0.2, 0) is 0 Å². The van der Waals surface area contributed by atoms with E-state index in [1.165, 1.54) is 0 Å². The van der Waals surface area contributed by atoms with Crippen molar-refractivity contribution in [2.24, 2.45) is 0 Å². The lowest BCUT2D eigenvalue weighted by Crippen LogP contribution is -2.22. The predicted octanol–water partition coefficient (Wildman–Crippen LogP) is 3.01. The van der Waals surface area contributed by atoms with Crippen LogP contribution in [0.3, 0.4) is 0 Å². The molecule has 1 aliphatic rings. The molecule has 6 heteroatoms. The summed E-state index contributed by atoms with van der Waals surface area (Å²) in [5.41, 5.74) is 4.34. The molecule has 6 nitrogen and oxygen atoms in total. The van der Waals surface area contributed by atoms with Gasteiger partial charge in [0.25, 0.3) is 0 Å². The molecule has 3 rings (SSSR count). The van der Waals surface area contributed by atoms with Gasteiger partial charge in [-0.2, -0.15) is 10.4 Å². The SMILES string of the molecule is [C-]#[N+]C1=C(C)NC(C)=C(C#N)C1c1ccc2n[nH]c(C=O)c2c1. The second-order valence-electron chi connectivity index (χ2n) is 5.36. The molecule has 1 atom stereocenters. The van der Waals surface area contributed by atoms with E-state index in [-0.39, 0.29) is 0 Å². The van der Waals surface area contributed by atoms with E-state index >= 15 is 0 Å². The van der Waals surface area contributed by atoms with Crippen molar-refractivity contribution >= 4 is 17.2 Å². The molecule has 1 unspecified atom stereocenters. The molecule has 0 saturated carbocycles. The highest BCUT2D eigenvalue weighted by atomic mass is 16.1. The van der Waals surface area contributed by atoms with Crippen LogP contribution in [0.1, 0.15) is 35.8 Å². The number of rotatable bonds is 2. The lowest BCUT2D eigenvalue weighted by molar-refractivity contribution is 0.112. The maximum atomic E-state index is 11.1. The van der Waals surface area contributed by atoms with Gasteiger partial charge < -0.3 is 5.32 Å². The first kappa shape index (κ1) is 14.6. The van der Waals surface area contributed by atoms with Crippen LogP contribution in [0, 0.1) is 17.9 Å². The Morgan fingerprint density at radius 2 is 2.17 bits per heavy atom. The number of nitrogens with zero attached hydrogens (tertiary/aromatic N) is 3. The molecule has 1 aromatic carbocycles. The summed E-state index contributed by atoms with van der Waals surface area (Å²) in [6.07, 6.45) is 0.713. The Labute approximate surface area is 132 Å². The number of fused-ring (bicyclic) bond motifs is 1. The maximum Gasteiger partial charge on any atom is 0.196 e. The number of aromatic nitrogens is 2. The van der Waals surface area contributed by atoms with Crippen LogP contribution < -0.4 is 5.32 Å². The summed E-state index contributed by atoms with van der Waals surface area (Å²) in [7, 11) is 0. The van der Waals surface area contributed by atoms with E-state index in [0.717, 1.165) is 17.0 Å². The first-order chi connectivity index (χ1) is 11.1. The zero-order valence-electron chi connectivity index (χ0n) is 12.6. The fourth-order valence-corrected chi connectivity index (χ4v) is 2.92. The maximum absolute atomic E-state index is 11.1. The van der Waals surface area contributed by atoms with Crippen molar-refractivity contribution in [2.45, 2.75) is 19.8 Å². The average molecular weight is 303 g/mol. The van der Waals surface area contributed by atoms with Crippen LogP contribution >= 0.6 is 0 Å². The summed E-state index contributed by atoms with van der Waals surface area (Å²) in [6, 6.07) is 7.66. The highest BCUT2D eigenvalue weighted by Crippen LogP contribution is 2.39.